The molecule has 10 bridgehead atoms. The Hall–Kier alpha value is 0. The Morgan fingerprint density at radius 1 is 0.337 bits per heavy atom. The van der Waals surface area contributed by atoms with Gasteiger partial charge in [-0.25, -0.2) is 0 Å². The van der Waals surface area contributed by atoms with E-state index in [9.17, 15) is 0 Å². The van der Waals surface area contributed by atoms with E-state index in [1.54, 1.807) is 70.6 Å². The number of fused-ring (bicyclic) bond motifs is 2. The fourth-order valence-corrected chi connectivity index (χ4v) is 24.7. The average Bonchev–Trinajstić information content (AvgIpc) is 1.16. The summed E-state index contributed by atoms with van der Waals surface area (Å²) in [6, 6.07) is 0. The summed E-state index contributed by atoms with van der Waals surface area (Å²) >= 11 is 0. The van der Waals surface area contributed by atoms with Crippen LogP contribution in [0.2, 0.25) is 0 Å². The maximum Gasteiger partial charge on any atom is -0.0292 e. The lowest BCUT2D eigenvalue weighted by atomic mass is 9.45. The van der Waals surface area contributed by atoms with Crippen LogP contribution in [-0.4, -0.2) is 0 Å². The van der Waals surface area contributed by atoms with Crippen LogP contribution in [0.3, 0.4) is 0 Å². The first-order chi connectivity index (χ1) is 43.8. The molecule has 92 heavy (non-hydrogen) atoms. The number of rotatable bonds is 13. The summed E-state index contributed by atoms with van der Waals surface area (Å²) in [5.74, 6) is 27.5. The topological polar surface area (TPSA) is 0 Å². The fourth-order valence-electron chi connectivity index (χ4n) is 24.7. The molecule has 0 aromatic rings. The van der Waals surface area contributed by atoms with Crippen LogP contribution < -0.4 is 0 Å². The standard InChI is InChI=1S/C14H24.C12H20.C12H24.C11H20.C10H20.2C9H18.C8H16.C7H14/c1-3-13-11-5-10-6-12(13)9-14(4-2,7-10)8-11;1-2-12-6-9-3-10(7-12)5-11(4-9)8-12;1-9(2)11(4)12-7-5-10(3)6-8-12;1-7-5-10-8(2)6-9(7)11(10,3)4;1-3-9-5-7-10(4-2)8-6-9;1-4-8-5-9(6-8)7(2)3;1-3-9-6-4-8(2)5-7-9;1-3-8-5-4-7(2)6-8;1-3-4-7-5-6(7)2/h10-13H,3-9H2,1-2H3;9-11H,2-8H2,1H3;9-12H,5-8H2,1-4H3;7-10H,5-6H2,1-4H3;9-10H,3-8H2,1-2H3;7-9H,4-6H2,1-3H3;8-9H,3-7H2,1-2H3;7-8H,3-6H2,1-2H3;6-7H,3-5H2,1-2H3. The minimum absolute atomic E-state index is 0.666. The Morgan fingerprint density at radius 2 is 0.707 bits per heavy atom. The van der Waals surface area contributed by atoms with Crippen molar-refractivity contribution in [2.75, 3.05) is 0 Å². The van der Waals surface area contributed by atoms with Crippen molar-refractivity contribution in [1.29, 1.82) is 0 Å². The van der Waals surface area contributed by atoms with Crippen LogP contribution in [0.4, 0.5) is 0 Å². The molecule has 0 heterocycles. The number of hydrogen-bond donors (Lipinski definition) is 0. The maximum atomic E-state index is 2.48. The second kappa shape index (κ2) is 39.3. The van der Waals surface area contributed by atoms with Crippen molar-refractivity contribution < 1.29 is 0 Å². The molecule has 0 heteroatoms. The minimum Gasteiger partial charge on any atom is -0.0654 e. The van der Waals surface area contributed by atoms with Crippen molar-refractivity contribution >= 4 is 0 Å². The molecule has 0 nitrogen and oxygen atoms in total. The Morgan fingerprint density at radius 3 is 1.00 bits per heavy atom. The highest BCUT2D eigenvalue weighted by Crippen LogP contribution is 2.65. The lowest BCUT2D eigenvalue weighted by Gasteiger charge is -2.60. The second-order valence-corrected chi connectivity index (χ2v) is 39.7. The number of hydrogen-bond acceptors (Lipinski definition) is 0. The summed E-state index contributed by atoms with van der Waals surface area (Å²) in [7, 11) is 0. The zero-order chi connectivity index (χ0) is 67.5. The molecule has 0 spiro atoms. The quantitative estimate of drug-likeness (QED) is 0.172. The molecule has 16 rings (SSSR count). The summed E-state index contributed by atoms with van der Waals surface area (Å²) < 4.78 is 0. The van der Waals surface area contributed by atoms with E-state index in [0.717, 1.165) is 165 Å². The van der Waals surface area contributed by atoms with E-state index in [1.807, 2.05) is 0 Å². The monoisotopic (exact) mass is 1280 g/mol. The molecule has 0 aromatic carbocycles. The first-order valence-corrected chi connectivity index (χ1v) is 43.8. The Labute approximate surface area is 582 Å². The van der Waals surface area contributed by atoms with Gasteiger partial charge in [0, 0.05) is 0 Å². The van der Waals surface area contributed by atoms with E-state index >= 15 is 0 Å². The summed E-state index contributed by atoms with van der Waals surface area (Å²) in [6.07, 6.45) is 61.8. The van der Waals surface area contributed by atoms with Gasteiger partial charge in [-0.05, 0) is 292 Å². The minimum atomic E-state index is 0.666. The van der Waals surface area contributed by atoms with Gasteiger partial charge in [0.15, 0.2) is 0 Å². The molecule has 11 unspecified atom stereocenters. The van der Waals surface area contributed by atoms with Crippen molar-refractivity contribution in [3.8, 4) is 0 Å². The Bertz CT molecular complexity index is 1820. The molecule has 16 aliphatic rings. The van der Waals surface area contributed by atoms with Gasteiger partial charge in [-0.3, -0.25) is 0 Å². The van der Waals surface area contributed by atoms with Gasteiger partial charge in [0.2, 0.25) is 0 Å². The van der Waals surface area contributed by atoms with Gasteiger partial charge >= 0.3 is 0 Å². The van der Waals surface area contributed by atoms with Gasteiger partial charge < -0.3 is 0 Å². The second-order valence-electron chi connectivity index (χ2n) is 39.7. The molecule has 0 radical (unpaired) electrons. The highest BCUT2D eigenvalue weighted by molar-refractivity contribution is 5.05. The van der Waals surface area contributed by atoms with Crippen molar-refractivity contribution in [2.24, 2.45) is 170 Å². The molecule has 16 saturated carbocycles. The SMILES string of the molecule is CC1CC2C(C)CC1C2(C)C.CC1CCC(C(C)C(C)C)CC1.CCC12CC3CC(CC(C3)C1)C2.CCC1C2CC3CC1CC(CC)(C3)C2.CCC1CC(C(C)C)C1.CCC1CCC(C)C1.CCC1CCC(C)CC1.CCC1CCC(CC)CC1.CCCC1CC1C. The van der Waals surface area contributed by atoms with Crippen LogP contribution in [0, 0.1) is 170 Å². The summed E-state index contributed by atoms with van der Waals surface area (Å²) in [6.45, 7) is 52.3. The zero-order valence-corrected chi connectivity index (χ0v) is 67.5. The third-order valence-corrected chi connectivity index (χ3v) is 32.1. The maximum absolute atomic E-state index is 2.48. The summed E-state index contributed by atoms with van der Waals surface area (Å²) in [4.78, 5) is 0. The normalized spacial score (nSPS) is 43.5. The van der Waals surface area contributed by atoms with Gasteiger partial charge in [0.05, 0.1) is 0 Å². The smallest absolute Gasteiger partial charge is 0.0292 e. The predicted molar refractivity (Wildman–Crippen MR) is 412 cm³/mol. The zero-order valence-electron chi connectivity index (χ0n) is 67.5. The summed E-state index contributed by atoms with van der Waals surface area (Å²) in [5.41, 5.74) is 2.33. The van der Waals surface area contributed by atoms with Crippen LogP contribution in [0.5, 0.6) is 0 Å². The summed E-state index contributed by atoms with van der Waals surface area (Å²) in [5, 5.41) is 0. The van der Waals surface area contributed by atoms with E-state index in [4.69, 9.17) is 0 Å². The van der Waals surface area contributed by atoms with Crippen LogP contribution >= 0.6 is 0 Å². The molecule has 0 amide bonds. The van der Waals surface area contributed by atoms with Crippen molar-refractivity contribution in [1.82, 2.24) is 0 Å². The van der Waals surface area contributed by atoms with Crippen LogP contribution in [0.1, 0.15) is 416 Å². The molecule has 542 valence electrons. The molecule has 0 N–H and O–H groups in total. The van der Waals surface area contributed by atoms with Crippen molar-refractivity contribution in [3.05, 3.63) is 0 Å². The van der Waals surface area contributed by atoms with Crippen molar-refractivity contribution in [2.45, 2.75) is 416 Å². The molecule has 0 aliphatic heterocycles. The molecular formula is C92H174. The molecule has 0 aromatic heterocycles. The predicted octanol–water partition coefficient (Wildman–Crippen LogP) is 30.5. The lowest BCUT2D eigenvalue weighted by molar-refractivity contribution is -0.0974. The van der Waals surface area contributed by atoms with E-state index in [1.165, 1.54) is 193 Å². The Balaban J connectivity index is 0.000000166. The van der Waals surface area contributed by atoms with Crippen LogP contribution in [-0.2, 0) is 0 Å². The third kappa shape index (κ3) is 24.1. The molecule has 16 fully saturated rings. The van der Waals surface area contributed by atoms with E-state index in [-0.39, 0.29) is 0 Å². The van der Waals surface area contributed by atoms with E-state index < -0.39 is 0 Å². The van der Waals surface area contributed by atoms with Gasteiger partial charge in [-0.1, -0.05) is 294 Å². The first-order valence-electron chi connectivity index (χ1n) is 43.8. The van der Waals surface area contributed by atoms with Crippen LogP contribution in [0.25, 0.3) is 0 Å². The van der Waals surface area contributed by atoms with E-state index in [0.29, 0.717) is 5.41 Å². The lowest BCUT2D eigenvalue weighted by Crippen LogP contribution is -2.50. The Kier molecular flexibility index (Phi) is 34.6. The largest absolute Gasteiger partial charge is 0.0654 e. The molecule has 16 aliphatic carbocycles. The van der Waals surface area contributed by atoms with Crippen LogP contribution in [0.15, 0.2) is 0 Å². The fraction of sp³-hybridized carbons (Fsp3) is 1.00. The molecular weight excluding hydrogens is 1110 g/mol. The highest BCUT2D eigenvalue weighted by atomic mass is 14.6. The molecule has 0 saturated heterocycles. The molecule has 11 atom stereocenters. The third-order valence-electron chi connectivity index (χ3n) is 32.1. The van der Waals surface area contributed by atoms with Gasteiger partial charge in [-0.15, -0.1) is 0 Å². The van der Waals surface area contributed by atoms with E-state index in [2.05, 4.69) is 152 Å². The van der Waals surface area contributed by atoms with Gasteiger partial charge in [0.1, 0.15) is 0 Å². The van der Waals surface area contributed by atoms with Crippen molar-refractivity contribution in [3.63, 3.8) is 0 Å². The van der Waals surface area contributed by atoms with Gasteiger partial charge in [0.25, 0.3) is 0 Å². The van der Waals surface area contributed by atoms with Gasteiger partial charge in [-0.2, -0.15) is 0 Å². The average molecular weight is 1280 g/mol. The highest BCUT2D eigenvalue weighted by Gasteiger charge is 2.56. The first kappa shape index (κ1) is 81.0.